The molecule has 1 heterocycles. The van der Waals surface area contributed by atoms with Gasteiger partial charge in [-0.1, -0.05) is 19.8 Å². The topological polar surface area (TPSA) is 76.1 Å². The van der Waals surface area contributed by atoms with Crippen molar-refractivity contribution < 1.29 is 9.53 Å². The summed E-state index contributed by atoms with van der Waals surface area (Å²) in [7, 11) is 1.60. The van der Waals surface area contributed by atoms with Crippen LogP contribution in [0.4, 0.5) is 11.5 Å². The first-order chi connectivity index (χ1) is 11.2. The third-order valence-electron chi connectivity index (χ3n) is 3.32. The van der Waals surface area contributed by atoms with E-state index in [0.717, 1.165) is 18.7 Å². The van der Waals surface area contributed by atoms with Gasteiger partial charge >= 0.3 is 0 Å². The number of unbranched alkanes of at least 4 members (excludes halogenated alkanes) is 2. The zero-order valence-corrected chi connectivity index (χ0v) is 13.5. The number of amides is 1. The summed E-state index contributed by atoms with van der Waals surface area (Å²) in [6.45, 7) is 3.02. The van der Waals surface area contributed by atoms with Gasteiger partial charge in [0.25, 0.3) is 5.91 Å². The lowest BCUT2D eigenvalue weighted by molar-refractivity contribution is 0.102. The summed E-state index contributed by atoms with van der Waals surface area (Å²) in [5, 5.41) is 5.96. The van der Waals surface area contributed by atoms with Crippen molar-refractivity contribution in [2.45, 2.75) is 26.2 Å². The number of carbonyl (C=O) groups is 1. The van der Waals surface area contributed by atoms with E-state index in [2.05, 4.69) is 27.5 Å². The predicted molar refractivity (Wildman–Crippen MR) is 91.0 cm³/mol. The number of hydrogen-bond donors (Lipinski definition) is 2. The van der Waals surface area contributed by atoms with Crippen molar-refractivity contribution in [1.82, 2.24) is 9.97 Å². The second kappa shape index (κ2) is 8.73. The van der Waals surface area contributed by atoms with Gasteiger partial charge in [0.05, 0.1) is 19.5 Å². The lowest BCUT2D eigenvalue weighted by atomic mass is 10.2. The van der Waals surface area contributed by atoms with Crippen molar-refractivity contribution in [3.63, 3.8) is 0 Å². The molecule has 0 unspecified atom stereocenters. The highest BCUT2D eigenvalue weighted by Crippen LogP contribution is 2.15. The van der Waals surface area contributed by atoms with Crippen LogP contribution in [0.2, 0.25) is 0 Å². The summed E-state index contributed by atoms with van der Waals surface area (Å²) in [5.41, 5.74) is 0.958. The van der Waals surface area contributed by atoms with E-state index >= 15 is 0 Å². The number of methoxy groups -OCH3 is 1. The van der Waals surface area contributed by atoms with Gasteiger partial charge in [0.15, 0.2) is 0 Å². The number of benzene rings is 1. The molecule has 0 radical (unpaired) electrons. The molecule has 6 nitrogen and oxygen atoms in total. The maximum absolute atomic E-state index is 12.1. The Kier molecular flexibility index (Phi) is 6.35. The molecule has 0 atom stereocenters. The summed E-state index contributed by atoms with van der Waals surface area (Å²) >= 11 is 0. The third kappa shape index (κ3) is 5.25. The predicted octanol–water partition coefficient (Wildman–Crippen LogP) is 3.34. The summed E-state index contributed by atoms with van der Waals surface area (Å²) in [6.07, 6.45) is 6.51. The molecule has 0 aliphatic heterocycles. The number of hydrogen-bond acceptors (Lipinski definition) is 5. The number of anilines is 2. The molecule has 23 heavy (non-hydrogen) atoms. The van der Waals surface area contributed by atoms with E-state index in [4.69, 9.17) is 4.74 Å². The molecule has 1 aromatic heterocycles. The molecular formula is C17H22N4O2. The molecule has 122 valence electrons. The summed E-state index contributed by atoms with van der Waals surface area (Å²) < 4.78 is 5.08. The molecular weight excluding hydrogens is 292 g/mol. The minimum Gasteiger partial charge on any atom is -0.497 e. The Labute approximate surface area is 136 Å². The van der Waals surface area contributed by atoms with Crippen molar-refractivity contribution in [2.75, 3.05) is 24.3 Å². The van der Waals surface area contributed by atoms with Crippen molar-refractivity contribution in [3.8, 4) is 5.75 Å². The van der Waals surface area contributed by atoms with Gasteiger partial charge in [-0.2, -0.15) is 0 Å². The standard InChI is InChI=1S/C17H22N4O2/c1-3-4-5-10-18-16-12-19-15(11-20-16)17(22)21-13-6-8-14(23-2)9-7-13/h6-9,11-12H,3-5,10H2,1-2H3,(H,18,20)(H,21,22). The second-order valence-electron chi connectivity index (χ2n) is 5.10. The minimum atomic E-state index is -0.291. The highest BCUT2D eigenvalue weighted by atomic mass is 16.5. The zero-order valence-electron chi connectivity index (χ0n) is 13.5. The molecule has 2 rings (SSSR count). The minimum absolute atomic E-state index is 0.278. The normalized spacial score (nSPS) is 10.2. The SMILES string of the molecule is CCCCCNc1cnc(C(=O)Nc2ccc(OC)cc2)cn1. The van der Waals surface area contributed by atoms with Crippen molar-refractivity contribution in [2.24, 2.45) is 0 Å². The first-order valence-electron chi connectivity index (χ1n) is 7.74. The van der Waals surface area contributed by atoms with E-state index in [1.54, 1.807) is 37.6 Å². The van der Waals surface area contributed by atoms with E-state index in [-0.39, 0.29) is 11.6 Å². The van der Waals surface area contributed by atoms with Crippen molar-refractivity contribution in [1.29, 1.82) is 0 Å². The number of aromatic nitrogens is 2. The van der Waals surface area contributed by atoms with Crippen molar-refractivity contribution >= 4 is 17.4 Å². The van der Waals surface area contributed by atoms with Gasteiger partial charge in [0.1, 0.15) is 17.3 Å². The molecule has 1 amide bonds. The molecule has 0 spiro atoms. The van der Waals surface area contributed by atoms with Crippen LogP contribution in [0, 0.1) is 0 Å². The lowest BCUT2D eigenvalue weighted by Crippen LogP contribution is -2.14. The average molecular weight is 314 g/mol. The fraction of sp³-hybridized carbons (Fsp3) is 0.353. The van der Waals surface area contributed by atoms with Gasteiger partial charge in [-0.15, -0.1) is 0 Å². The fourth-order valence-corrected chi connectivity index (χ4v) is 2.00. The molecule has 6 heteroatoms. The van der Waals surface area contributed by atoms with Crippen LogP contribution in [0.25, 0.3) is 0 Å². The van der Waals surface area contributed by atoms with E-state index in [1.165, 1.54) is 19.0 Å². The van der Waals surface area contributed by atoms with Crippen LogP contribution in [0.3, 0.4) is 0 Å². The number of carbonyl (C=O) groups excluding carboxylic acids is 1. The Morgan fingerprint density at radius 2 is 1.91 bits per heavy atom. The van der Waals surface area contributed by atoms with E-state index in [0.29, 0.717) is 11.5 Å². The van der Waals surface area contributed by atoms with Gasteiger partial charge in [0, 0.05) is 12.2 Å². The molecule has 0 aliphatic carbocycles. The Morgan fingerprint density at radius 3 is 2.52 bits per heavy atom. The Bertz CT molecular complexity index is 611. The van der Waals surface area contributed by atoms with E-state index in [1.807, 2.05) is 0 Å². The second-order valence-corrected chi connectivity index (χ2v) is 5.10. The Morgan fingerprint density at radius 1 is 1.13 bits per heavy atom. The van der Waals surface area contributed by atoms with Crippen LogP contribution >= 0.6 is 0 Å². The van der Waals surface area contributed by atoms with Gasteiger partial charge in [-0.3, -0.25) is 4.79 Å². The van der Waals surface area contributed by atoms with Crippen LogP contribution < -0.4 is 15.4 Å². The van der Waals surface area contributed by atoms with Crippen molar-refractivity contribution in [3.05, 3.63) is 42.4 Å². The average Bonchev–Trinajstić information content (AvgIpc) is 2.60. The van der Waals surface area contributed by atoms with Gasteiger partial charge in [-0.05, 0) is 30.7 Å². The summed E-state index contributed by atoms with van der Waals surface area (Å²) in [4.78, 5) is 20.5. The number of rotatable bonds is 8. The van der Waals surface area contributed by atoms with Crippen LogP contribution in [0.1, 0.15) is 36.7 Å². The highest BCUT2D eigenvalue weighted by Gasteiger charge is 2.08. The molecule has 2 N–H and O–H groups in total. The Hall–Kier alpha value is -2.63. The Balaban J connectivity index is 1.88. The van der Waals surface area contributed by atoms with E-state index < -0.39 is 0 Å². The largest absolute Gasteiger partial charge is 0.497 e. The molecule has 1 aromatic carbocycles. The first kappa shape index (κ1) is 16.7. The lowest BCUT2D eigenvalue weighted by Gasteiger charge is -2.07. The summed E-state index contributed by atoms with van der Waals surface area (Å²) in [6, 6.07) is 7.11. The first-order valence-corrected chi connectivity index (χ1v) is 7.74. The molecule has 0 saturated heterocycles. The van der Waals surface area contributed by atoms with Gasteiger partial charge < -0.3 is 15.4 Å². The van der Waals surface area contributed by atoms with Crippen LogP contribution in [0.15, 0.2) is 36.7 Å². The highest BCUT2D eigenvalue weighted by molar-refractivity contribution is 6.02. The fourth-order valence-electron chi connectivity index (χ4n) is 2.00. The zero-order chi connectivity index (χ0) is 16.5. The summed E-state index contributed by atoms with van der Waals surface area (Å²) in [5.74, 6) is 1.13. The monoisotopic (exact) mass is 314 g/mol. The molecule has 2 aromatic rings. The number of ether oxygens (including phenoxy) is 1. The third-order valence-corrected chi connectivity index (χ3v) is 3.32. The molecule has 0 aliphatic rings. The molecule has 0 saturated carbocycles. The quantitative estimate of drug-likeness (QED) is 0.731. The van der Waals surface area contributed by atoms with E-state index in [9.17, 15) is 4.79 Å². The van der Waals surface area contributed by atoms with Crippen LogP contribution in [-0.4, -0.2) is 29.5 Å². The van der Waals surface area contributed by atoms with Crippen LogP contribution in [-0.2, 0) is 0 Å². The number of nitrogens with one attached hydrogen (secondary N) is 2. The smallest absolute Gasteiger partial charge is 0.275 e. The maximum Gasteiger partial charge on any atom is 0.275 e. The molecule has 0 bridgehead atoms. The molecule has 0 fully saturated rings. The van der Waals surface area contributed by atoms with Gasteiger partial charge in [0.2, 0.25) is 0 Å². The maximum atomic E-state index is 12.1. The number of nitrogens with zero attached hydrogens (tertiary/aromatic N) is 2. The van der Waals surface area contributed by atoms with Gasteiger partial charge in [-0.25, -0.2) is 9.97 Å². The van der Waals surface area contributed by atoms with Crippen LogP contribution in [0.5, 0.6) is 5.75 Å².